The number of hydrogen-bond donors (Lipinski definition) is 1. The molecular formula is C10H13N3OS. The lowest BCUT2D eigenvalue weighted by Gasteiger charge is -1.93. The number of allylic oxidation sites excluding steroid dienone is 1. The summed E-state index contributed by atoms with van der Waals surface area (Å²) in [5.41, 5.74) is 6.17. The molecule has 1 aromatic rings. The maximum Gasteiger partial charge on any atom is 0.185 e. The highest BCUT2D eigenvalue weighted by molar-refractivity contribution is 8.13. The summed E-state index contributed by atoms with van der Waals surface area (Å²) in [5, 5.41) is 0.149. The molecule has 1 rings (SSSR count). The molecule has 0 amide bonds. The molecule has 0 spiro atoms. The number of aromatic nitrogens is 2. The van der Waals surface area contributed by atoms with E-state index in [2.05, 4.69) is 9.97 Å². The Labute approximate surface area is 93.0 Å². The van der Waals surface area contributed by atoms with Crippen LogP contribution in [0.5, 0.6) is 0 Å². The van der Waals surface area contributed by atoms with Gasteiger partial charge in [-0.05, 0) is 12.5 Å². The molecule has 0 aliphatic carbocycles. The molecule has 0 atom stereocenters. The molecule has 4 nitrogen and oxygen atoms in total. The number of thioether (sulfide) groups is 1. The van der Waals surface area contributed by atoms with Crippen LogP contribution in [-0.4, -0.2) is 20.8 Å². The van der Waals surface area contributed by atoms with Crippen molar-refractivity contribution in [1.82, 2.24) is 9.97 Å². The second-order valence-corrected chi connectivity index (χ2v) is 4.17. The monoisotopic (exact) mass is 223 g/mol. The minimum Gasteiger partial charge on any atom is -0.382 e. The van der Waals surface area contributed by atoms with Crippen LogP contribution in [0.4, 0.5) is 5.82 Å². The summed E-state index contributed by atoms with van der Waals surface area (Å²) in [6.07, 6.45) is 7.81. The van der Waals surface area contributed by atoms with Crippen LogP contribution in [0.2, 0.25) is 0 Å². The fourth-order valence-electron chi connectivity index (χ4n) is 0.909. The number of nitrogen functional groups attached to an aromatic ring is 1. The SMILES string of the molecule is CC(=O)SCCC=Cc1cnc(N)cn1. The van der Waals surface area contributed by atoms with Crippen LogP contribution in [0.25, 0.3) is 6.08 Å². The minimum absolute atomic E-state index is 0.149. The molecule has 0 saturated heterocycles. The van der Waals surface area contributed by atoms with Gasteiger partial charge in [0.2, 0.25) is 0 Å². The van der Waals surface area contributed by atoms with Gasteiger partial charge in [0.1, 0.15) is 5.82 Å². The highest BCUT2D eigenvalue weighted by Gasteiger charge is 1.92. The van der Waals surface area contributed by atoms with Gasteiger partial charge >= 0.3 is 0 Å². The van der Waals surface area contributed by atoms with Gasteiger partial charge in [0, 0.05) is 12.7 Å². The Balaban J connectivity index is 2.32. The lowest BCUT2D eigenvalue weighted by atomic mass is 10.3. The summed E-state index contributed by atoms with van der Waals surface area (Å²) in [4.78, 5) is 18.6. The second kappa shape index (κ2) is 6.19. The first-order valence-corrected chi connectivity index (χ1v) is 5.54. The Bertz CT molecular complexity index is 348. The summed E-state index contributed by atoms with van der Waals surface area (Å²) < 4.78 is 0. The lowest BCUT2D eigenvalue weighted by molar-refractivity contribution is -0.109. The molecular weight excluding hydrogens is 210 g/mol. The van der Waals surface area contributed by atoms with Crippen LogP contribution in [0.1, 0.15) is 19.0 Å². The third-order valence-corrected chi connectivity index (χ3v) is 2.42. The number of carbonyl (C=O) groups is 1. The summed E-state index contributed by atoms with van der Waals surface area (Å²) in [5.74, 6) is 1.22. The molecule has 0 radical (unpaired) electrons. The van der Waals surface area contributed by atoms with E-state index in [-0.39, 0.29) is 5.12 Å². The summed E-state index contributed by atoms with van der Waals surface area (Å²) in [6.45, 7) is 1.57. The van der Waals surface area contributed by atoms with Crippen LogP contribution >= 0.6 is 11.8 Å². The van der Waals surface area contributed by atoms with Crippen molar-refractivity contribution < 1.29 is 4.79 Å². The first-order valence-electron chi connectivity index (χ1n) is 4.56. The van der Waals surface area contributed by atoms with Gasteiger partial charge in [-0.1, -0.05) is 17.8 Å². The molecule has 0 aromatic carbocycles. The van der Waals surface area contributed by atoms with Crippen molar-refractivity contribution in [1.29, 1.82) is 0 Å². The van der Waals surface area contributed by atoms with Gasteiger partial charge in [-0.2, -0.15) is 0 Å². The first-order chi connectivity index (χ1) is 7.18. The zero-order valence-corrected chi connectivity index (χ0v) is 9.33. The van der Waals surface area contributed by atoms with E-state index < -0.39 is 0 Å². The van der Waals surface area contributed by atoms with Gasteiger partial charge in [0.05, 0.1) is 18.1 Å². The summed E-state index contributed by atoms with van der Waals surface area (Å²) in [6, 6.07) is 0. The zero-order valence-electron chi connectivity index (χ0n) is 8.51. The predicted octanol–water partition coefficient (Wildman–Crippen LogP) is 1.74. The topological polar surface area (TPSA) is 68.9 Å². The van der Waals surface area contributed by atoms with E-state index >= 15 is 0 Å². The number of rotatable bonds is 4. The van der Waals surface area contributed by atoms with Crippen LogP contribution in [-0.2, 0) is 4.79 Å². The Morgan fingerprint density at radius 2 is 2.33 bits per heavy atom. The fraction of sp³-hybridized carbons (Fsp3) is 0.300. The van der Waals surface area contributed by atoms with Crippen LogP contribution in [0.15, 0.2) is 18.5 Å². The van der Waals surface area contributed by atoms with Gasteiger partial charge in [0.25, 0.3) is 0 Å². The normalized spacial score (nSPS) is 10.7. The summed E-state index contributed by atoms with van der Waals surface area (Å²) >= 11 is 1.32. The number of carbonyl (C=O) groups excluding carboxylic acids is 1. The molecule has 0 aliphatic rings. The third-order valence-electron chi connectivity index (χ3n) is 1.57. The molecule has 0 saturated carbocycles. The number of hydrogen-bond acceptors (Lipinski definition) is 5. The minimum atomic E-state index is 0.149. The van der Waals surface area contributed by atoms with Crippen LogP contribution in [0.3, 0.4) is 0 Å². The van der Waals surface area contributed by atoms with Gasteiger partial charge in [0.15, 0.2) is 5.12 Å². The lowest BCUT2D eigenvalue weighted by Crippen LogP contribution is -1.91. The van der Waals surface area contributed by atoms with E-state index in [1.54, 1.807) is 13.1 Å². The number of anilines is 1. The van der Waals surface area contributed by atoms with Crippen molar-refractivity contribution in [3.05, 3.63) is 24.2 Å². The van der Waals surface area contributed by atoms with Gasteiger partial charge in [-0.3, -0.25) is 9.78 Å². The van der Waals surface area contributed by atoms with Crippen molar-refractivity contribution >= 4 is 28.8 Å². The molecule has 0 bridgehead atoms. The predicted molar refractivity (Wildman–Crippen MR) is 63.2 cm³/mol. The first kappa shape index (κ1) is 11.7. The van der Waals surface area contributed by atoms with Gasteiger partial charge < -0.3 is 5.73 Å². The molecule has 1 aromatic heterocycles. The van der Waals surface area contributed by atoms with Crippen LogP contribution in [0, 0.1) is 0 Å². The standard InChI is InChI=1S/C10H13N3OS/c1-8(14)15-5-3-2-4-9-6-13-10(11)7-12-9/h2,4,6-7H,3,5H2,1H3,(H2,11,13). The number of nitrogens with zero attached hydrogens (tertiary/aromatic N) is 2. The highest BCUT2D eigenvalue weighted by Crippen LogP contribution is 2.05. The Morgan fingerprint density at radius 3 is 2.93 bits per heavy atom. The Morgan fingerprint density at radius 1 is 1.53 bits per heavy atom. The highest BCUT2D eigenvalue weighted by atomic mass is 32.2. The maximum absolute atomic E-state index is 10.6. The Hall–Kier alpha value is -1.36. The van der Waals surface area contributed by atoms with Crippen molar-refractivity contribution in [2.24, 2.45) is 0 Å². The third kappa shape index (κ3) is 5.17. The zero-order chi connectivity index (χ0) is 11.1. The quantitative estimate of drug-likeness (QED) is 0.787. The van der Waals surface area contributed by atoms with Crippen molar-refractivity contribution in [2.75, 3.05) is 11.5 Å². The number of nitrogens with two attached hydrogens (primary N) is 1. The molecule has 2 N–H and O–H groups in total. The molecule has 0 aliphatic heterocycles. The maximum atomic E-state index is 10.6. The molecule has 1 heterocycles. The molecule has 80 valence electrons. The fourth-order valence-corrected chi connectivity index (χ4v) is 1.45. The average molecular weight is 223 g/mol. The second-order valence-electron chi connectivity index (χ2n) is 2.90. The van der Waals surface area contributed by atoms with Crippen LogP contribution < -0.4 is 5.73 Å². The van der Waals surface area contributed by atoms with Crippen molar-refractivity contribution in [3.63, 3.8) is 0 Å². The molecule has 0 unspecified atom stereocenters. The van der Waals surface area contributed by atoms with Crippen molar-refractivity contribution in [3.8, 4) is 0 Å². The van der Waals surface area contributed by atoms with E-state index in [9.17, 15) is 4.79 Å². The van der Waals surface area contributed by atoms with Crippen molar-refractivity contribution in [2.45, 2.75) is 13.3 Å². The average Bonchev–Trinajstić information content (AvgIpc) is 2.20. The molecule has 5 heteroatoms. The van der Waals surface area contributed by atoms with Gasteiger partial charge in [-0.25, -0.2) is 4.98 Å². The van der Waals surface area contributed by atoms with Gasteiger partial charge in [-0.15, -0.1) is 0 Å². The van der Waals surface area contributed by atoms with E-state index in [1.807, 2.05) is 12.2 Å². The largest absolute Gasteiger partial charge is 0.382 e. The van der Waals surface area contributed by atoms with E-state index in [0.29, 0.717) is 5.82 Å². The van der Waals surface area contributed by atoms with E-state index in [1.165, 1.54) is 18.0 Å². The van der Waals surface area contributed by atoms with E-state index in [4.69, 9.17) is 5.73 Å². The Kier molecular flexibility index (Phi) is 4.83. The smallest absolute Gasteiger partial charge is 0.185 e. The molecule has 0 fully saturated rings. The van der Waals surface area contributed by atoms with E-state index in [0.717, 1.165) is 17.9 Å². The summed E-state index contributed by atoms with van der Waals surface area (Å²) in [7, 11) is 0. The molecule has 15 heavy (non-hydrogen) atoms.